The molecule has 3 rings (SSSR count). The van der Waals surface area contributed by atoms with Gasteiger partial charge in [0.2, 0.25) is 0 Å². The van der Waals surface area contributed by atoms with Crippen molar-refractivity contribution < 1.29 is 9.53 Å². The van der Waals surface area contributed by atoms with Gasteiger partial charge in [-0.05, 0) is 29.7 Å². The molecule has 5 heteroatoms. The molecule has 0 aromatic heterocycles. The van der Waals surface area contributed by atoms with Gasteiger partial charge in [-0.3, -0.25) is 4.79 Å². The fraction of sp³-hybridized carbons (Fsp3) is 0.350. The number of carbonyl (C=O) groups is 1. The van der Waals surface area contributed by atoms with Crippen LogP contribution in [0, 0.1) is 0 Å². The number of hydrogen-bond donors (Lipinski definition) is 1. The number of allylic oxidation sites excluding steroid dienone is 1. The lowest BCUT2D eigenvalue weighted by molar-refractivity contribution is 0.104. The van der Waals surface area contributed by atoms with Crippen LogP contribution < -0.4 is 15.0 Å². The van der Waals surface area contributed by atoms with E-state index in [1.807, 2.05) is 43.3 Å². The molecule has 2 aromatic carbocycles. The predicted octanol–water partition coefficient (Wildman–Crippen LogP) is 2.52. The molecule has 0 spiro atoms. The molecule has 25 heavy (non-hydrogen) atoms. The van der Waals surface area contributed by atoms with E-state index >= 15 is 0 Å². The summed E-state index contributed by atoms with van der Waals surface area (Å²) in [5, 5.41) is 5.55. The van der Waals surface area contributed by atoms with E-state index < -0.39 is 0 Å². The molecule has 2 aromatic rings. The maximum atomic E-state index is 12.6. The van der Waals surface area contributed by atoms with E-state index in [9.17, 15) is 4.79 Å². The fourth-order valence-electron chi connectivity index (χ4n) is 3.07. The molecule has 1 heterocycles. The second-order valence-corrected chi connectivity index (χ2v) is 6.46. The summed E-state index contributed by atoms with van der Waals surface area (Å²) in [5.74, 6) is 0.846. The van der Waals surface area contributed by atoms with Crippen LogP contribution in [0.25, 0.3) is 10.8 Å². The van der Waals surface area contributed by atoms with Crippen LogP contribution in [0.2, 0.25) is 0 Å². The zero-order chi connectivity index (χ0) is 17.8. The van der Waals surface area contributed by atoms with Gasteiger partial charge < -0.3 is 19.9 Å². The lowest BCUT2D eigenvalue weighted by atomic mass is 10.0. The molecule has 0 radical (unpaired) electrons. The Morgan fingerprint density at radius 3 is 2.64 bits per heavy atom. The number of ether oxygens (including phenoxy) is 1. The number of methoxy groups -OCH3 is 1. The first-order valence-electron chi connectivity index (χ1n) is 8.55. The summed E-state index contributed by atoms with van der Waals surface area (Å²) >= 11 is 0. The van der Waals surface area contributed by atoms with Crippen molar-refractivity contribution in [3.8, 4) is 5.75 Å². The van der Waals surface area contributed by atoms with Crippen LogP contribution in [0.15, 0.2) is 42.6 Å². The molecule has 132 valence electrons. The van der Waals surface area contributed by atoms with Crippen molar-refractivity contribution in [2.45, 2.75) is 0 Å². The largest absolute Gasteiger partial charge is 0.497 e. The minimum Gasteiger partial charge on any atom is -0.497 e. The van der Waals surface area contributed by atoms with Gasteiger partial charge in [0, 0.05) is 69.2 Å². The number of anilines is 1. The van der Waals surface area contributed by atoms with Gasteiger partial charge in [0.15, 0.2) is 5.78 Å². The van der Waals surface area contributed by atoms with Gasteiger partial charge in [-0.1, -0.05) is 6.07 Å². The van der Waals surface area contributed by atoms with Crippen LogP contribution >= 0.6 is 0 Å². The molecule has 5 nitrogen and oxygen atoms in total. The van der Waals surface area contributed by atoms with E-state index in [0.717, 1.165) is 48.4 Å². The van der Waals surface area contributed by atoms with Crippen LogP contribution in [0.3, 0.4) is 0 Å². The molecular weight excluding hydrogens is 314 g/mol. The standard InChI is InChI=1S/C20H25N3O2/c1-22(2)9-6-20(24)16-12-15-4-5-17(25-3)14-18(15)19(13-16)23-10-7-21-8-11-23/h4-6,9,12-14,21H,7-8,10-11H2,1-3H3. The molecule has 0 amide bonds. The molecule has 1 aliphatic heterocycles. The van der Waals surface area contributed by atoms with Gasteiger partial charge in [-0.15, -0.1) is 0 Å². The Bertz CT molecular complexity index is 793. The van der Waals surface area contributed by atoms with Crippen molar-refractivity contribution in [1.29, 1.82) is 0 Å². The Labute approximate surface area is 148 Å². The molecule has 0 saturated carbocycles. The molecule has 0 aliphatic carbocycles. The maximum Gasteiger partial charge on any atom is 0.187 e. The minimum atomic E-state index is 0.0165. The lowest BCUT2D eigenvalue weighted by Crippen LogP contribution is -2.43. The van der Waals surface area contributed by atoms with E-state index in [4.69, 9.17) is 4.74 Å². The number of nitrogens with zero attached hydrogens (tertiary/aromatic N) is 2. The average molecular weight is 339 g/mol. The maximum absolute atomic E-state index is 12.6. The molecule has 1 aliphatic rings. The summed E-state index contributed by atoms with van der Waals surface area (Å²) < 4.78 is 5.39. The first-order chi connectivity index (χ1) is 12.1. The second-order valence-electron chi connectivity index (χ2n) is 6.46. The van der Waals surface area contributed by atoms with Gasteiger partial charge >= 0.3 is 0 Å². The van der Waals surface area contributed by atoms with Crippen LogP contribution in [0.5, 0.6) is 5.75 Å². The number of benzene rings is 2. The van der Waals surface area contributed by atoms with Gasteiger partial charge in [-0.25, -0.2) is 0 Å². The zero-order valence-corrected chi connectivity index (χ0v) is 15.1. The van der Waals surface area contributed by atoms with Crippen LogP contribution in [0.1, 0.15) is 10.4 Å². The van der Waals surface area contributed by atoms with Crippen molar-refractivity contribution in [1.82, 2.24) is 10.2 Å². The monoisotopic (exact) mass is 339 g/mol. The van der Waals surface area contributed by atoms with Gasteiger partial charge in [0.05, 0.1) is 7.11 Å². The smallest absolute Gasteiger partial charge is 0.187 e. The Balaban J connectivity index is 2.09. The van der Waals surface area contributed by atoms with Crippen LogP contribution in [-0.2, 0) is 0 Å². The summed E-state index contributed by atoms with van der Waals surface area (Å²) in [4.78, 5) is 16.8. The van der Waals surface area contributed by atoms with Gasteiger partial charge in [0.25, 0.3) is 0 Å². The van der Waals surface area contributed by atoms with Crippen molar-refractivity contribution >= 4 is 22.2 Å². The van der Waals surface area contributed by atoms with E-state index in [2.05, 4.69) is 16.3 Å². The summed E-state index contributed by atoms with van der Waals surface area (Å²) in [6.45, 7) is 3.75. The Kier molecular flexibility index (Phi) is 5.24. The van der Waals surface area contributed by atoms with Crippen molar-refractivity contribution in [2.75, 3.05) is 52.3 Å². The second kappa shape index (κ2) is 7.57. The third kappa shape index (κ3) is 3.94. The average Bonchev–Trinajstić information content (AvgIpc) is 2.65. The molecule has 1 saturated heterocycles. The Hall–Kier alpha value is -2.53. The van der Waals surface area contributed by atoms with Crippen LogP contribution in [-0.4, -0.2) is 58.1 Å². The Morgan fingerprint density at radius 1 is 1.20 bits per heavy atom. The molecule has 1 fully saturated rings. The van der Waals surface area contributed by atoms with Crippen molar-refractivity contribution in [2.24, 2.45) is 0 Å². The number of ketones is 1. The number of fused-ring (bicyclic) bond motifs is 1. The quantitative estimate of drug-likeness (QED) is 0.670. The first-order valence-corrected chi connectivity index (χ1v) is 8.55. The summed E-state index contributed by atoms with van der Waals surface area (Å²) in [5.41, 5.74) is 1.81. The first kappa shape index (κ1) is 17.3. The highest BCUT2D eigenvalue weighted by atomic mass is 16.5. The summed E-state index contributed by atoms with van der Waals surface area (Å²) in [7, 11) is 5.49. The third-order valence-corrected chi connectivity index (χ3v) is 4.41. The number of nitrogens with one attached hydrogen (secondary N) is 1. The van der Waals surface area contributed by atoms with Gasteiger partial charge in [0.1, 0.15) is 5.75 Å². The topological polar surface area (TPSA) is 44.8 Å². The minimum absolute atomic E-state index is 0.0165. The summed E-state index contributed by atoms with van der Waals surface area (Å²) in [6.07, 6.45) is 3.40. The third-order valence-electron chi connectivity index (χ3n) is 4.41. The molecule has 1 N–H and O–H groups in total. The number of rotatable bonds is 5. The van der Waals surface area contributed by atoms with E-state index in [1.54, 1.807) is 19.4 Å². The normalized spacial score (nSPS) is 14.9. The highest BCUT2D eigenvalue weighted by Gasteiger charge is 2.16. The van der Waals surface area contributed by atoms with Gasteiger partial charge in [-0.2, -0.15) is 0 Å². The van der Waals surface area contributed by atoms with Crippen molar-refractivity contribution in [3.63, 3.8) is 0 Å². The molecule has 0 bridgehead atoms. The van der Waals surface area contributed by atoms with E-state index in [0.29, 0.717) is 5.56 Å². The van der Waals surface area contributed by atoms with Crippen molar-refractivity contribution in [3.05, 3.63) is 48.2 Å². The lowest BCUT2D eigenvalue weighted by Gasteiger charge is -2.31. The Morgan fingerprint density at radius 2 is 1.96 bits per heavy atom. The van der Waals surface area contributed by atoms with E-state index in [-0.39, 0.29) is 5.78 Å². The van der Waals surface area contributed by atoms with Crippen LogP contribution in [0.4, 0.5) is 5.69 Å². The van der Waals surface area contributed by atoms with E-state index in [1.165, 1.54) is 0 Å². The molecular formula is C20H25N3O2. The highest BCUT2D eigenvalue weighted by Crippen LogP contribution is 2.32. The predicted molar refractivity (Wildman–Crippen MR) is 103 cm³/mol. The molecule has 0 unspecified atom stereocenters. The summed E-state index contributed by atoms with van der Waals surface area (Å²) in [6, 6.07) is 9.98. The zero-order valence-electron chi connectivity index (χ0n) is 15.1. The fourth-order valence-corrected chi connectivity index (χ4v) is 3.07. The number of piperazine rings is 1. The number of carbonyl (C=O) groups excluding carboxylic acids is 1. The number of hydrogen-bond acceptors (Lipinski definition) is 5. The SMILES string of the molecule is COc1ccc2cc(C(=O)C=CN(C)C)cc(N3CCNCC3)c2c1. The highest BCUT2D eigenvalue weighted by molar-refractivity contribution is 6.09. The molecule has 0 atom stereocenters.